The largest absolute Gasteiger partial charge is 0.487 e. The third-order valence-corrected chi connectivity index (χ3v) is 3.66. The van der Waals surface area contributed by atoms with Crippen LogP contribution < -0.4 is 10.1 Å². The molecule has 0 aliphatic carbocycles. The van der Waals surface area contributed by atoms with Gasteiger partial charge in [0.25, 0.3) is 0 Å². The number of rotatable bonds is 5. The van der Waals surface area contributed by atoms with Gasteiger partial charge in [0.1, 0.15) is 18.2 Å². The standard InChI is InChI=1S/C15H14BrClFNO/c1-19-8-10-3-2-4-13(16)15(10)20-9-11-7-12(17)5-6-14(11)18/h2-7,19H,8-9H2,1H3. The average Bonchev–Trinajstić information content (AvgIpc) is 2.42. The summed E-state index contributed by atoms with van der Waals surface area (Å²) in [7, 11) is 1.86. The van der Waals surface area contributed by atoms with Gasteiger partial charge in [-0.3, -0.25) is 0 Å². The van der Waals surface area contributed by atoms with Gasteiger partial charge in [-0.15, -0.1) is 0 Å². The summed E-state index contributed by atoms with van der Waals surface area (Å²) in [6, 6.07) is 10.2. The Morgan fingerprint density at radius 3 is 2.80 bits per heavy atom. The molecular formula is C15H14BrClFNO. The first-order valence-electron chi connectivity index (χ1n) is 6.10. The van der Waals surface area contributed by atoms with Gasteiger partial charge in [-0.2, -0.15) is 0 Å². The molecule has 2 aromatic carbocycles. The molecule has 0 saturated carbocycles. The molecule has 2 rings (SSSR count). The number of hydrogen-bond acceptors (Lipinski definition) is 2. The van der Waals surface area contributed by atoms with Crippen molar-refractivity contribution >= 4 is 27.5 Å². The second-order valence-corrected chi connectivity index (χ2v) is 5.57. The fourth-order valence-corrected chi connectivity index (χ4v) is 2.57. The molecule has 0 fully saturated rings. The quantitative estimate of drug-likeness (QED) is 0.847. The highest BCUT2D eigenvalue weighted by atomic mass is 79.9. The summed E-state index contributed by atoms with van der Waals surface area (Å²) in [5, 5.41) is 3.57. The number of benzene rings is 2. The fraction of sp³-hybridized carbons (Fsp3) is 0.200. The maximum Gasteiger partial charge on any atom is 0.138 e. The molecule has 1 N–H and O–H groups in total. The van der Waals surface area contributed by atoms with Crippen LogP contribution in [0, 0.1) is 5.82 Å². The molecule has 2 aromatic rings. The van der Waals surface area contributed by atoms with E-state index in [1.54, 1.807) is 6.07 Å². The SMILES string of the molecule is CNCc1cccc(Br)c1OCc1cc(Cl)ccc1F. The zero-order valence-electron chi connectivity index (χ0n) is 10.9. The van der Waals surface area contributed by atoms with Crippen LogP contribution in [0.5, 0.6) is 5.75 Å². The number of hydrogen-bond donors (Lipinski definition) is 1. The Morgan fingerprint density at radius 2 is 2.05 bits per heavy atom. The molecule has 106 valence electrons. The molecule has 0 heterocycles. The molecule has 5 heteroatoms. The Hall–Kier alpha value is -1.10. The monoisotopic (exact) mass is 357 g/mol. The maximum atomic E-state index is 13.7. The molecule has 0 atom stereocenters. The van der Waals surface area contributed by atoms with Crippen molar-refractivity contribution in [3.63, 3.8) is 0 Å². The minimum atomic E-state index is -0.323. The topological polar surface area (TPSA) is 21.3 Å². The highest BCUT2D eigenvalue weighted by Crippen LogP contribution is 2.30. The van der Waals surface area contributed by atoms with E-state index in [1.165, 1.54) is 12.1 Å². The van der Waals surface area contributed by atoms with Gasteiger partial charge in [0.2, 0.25) is 0 Å². The van der Waals surface area contributed by atoms with Crippen molar-refractivity contribution in [1.82, 2.24) is 5.32 Å². The first kappa shape index (κ1) is 15.3. The Balaban J connectivity index is 2.20. The zero-order chi connectivity index (χ0) is 14.5. The van der Waals surface area contributed by atoms with Crippen LogP contribution in [0.25, 0.3) is 0 Å². The van der Waals surface area contributed by atoms with Gasteiger partial charge in [0.15, 0.2) is 0 Å². The van der Waals surface area contributed by atoms with Crippen LogP contribution in [0.2, 0.25) is 5.02 Å². The molecule has 0 aromatic heterocycles. The molecule has 0 aliphatic heterocycles. The van der Waals surface area contributed by atoms with Gasteiger partial charge in [-0.1, -0.05) is 23.7 Å². The van der Waals surface area contributed by atoms with E-state index in [4.69, 9.17) is 16.3 Å². The highest BCUT2D eigenvalue weighted by molar-refractivity contribution is 9.10. The predicted octanol–water partition coefficient (Wildman–Crippen LogP) is 4.54. The third-order valence-electron chi connectivity index (χ3n) is 2.80. The van der Waals surface area contributed by atoms with Crippen LogP contribution >= 0.6 is 27.5 Å². The average molecular weight is 359 g/mol. The van der Waals surface area contributed by atoms with E-state index in [9.17, 15) is 4.39 Å². The predicted molar refractivity (Wildman–Crippen MR) is 82.6 cm³/mol. The van der Waals surface area contributed by atoms with E-state index in [1.807, 2.05) is 25.2 Å². The number of ether oxygens (including phenoxy) is 1. The fourth-order valence-electron chi connectivity index (χ4n) is 1.85. The molecule has 0 aliphatic rings. The molecule has 0 spiro atoms. The normalized spacial score (nSPS) is 10.6. The van der Waals surface area contributed by atoms with Crippen LogP contribution in [0.3, 0.4) is 0 Å². The summed E-state index contributed by atoms with van der Waals surface area (Å²) in [5.41, 5.74) is 1.44. The number of halogens is 3. The molecule has 0 saturated heterocycles. The lowest BCUT2D eigenvalue weighted by Crippen LogP contribution is -2.08. The maximum absolute atomic E-state index is 13.7. The van der Waals surface area contributed by atoms with Crippen molar-refractivity contribution in [2.45, 2.75) is 13.2 Å². The van der Waals surface area contributed by atoms with Crippen molar-refractivity contribution in [1.29, 1.82) is 0 Å². The summed E-state index contributed by atoms with van der Waals surface area (Å²) in [4.78, 5) is 0. The minimum absolute atomic E-state index is 0.131. The van der Waals surface area contributed by atoms with Crippen molar-refractivity contribution in [2.75, 3.05) is 7.05 Å². The molecule has 2 nitrogen and oxygen atoms in total. The molecule has 20 heavy (non-hydrogen) atoms. The third kappa shape index (κ3) is 3.72. The minimum Gasteiger partial charge on any atom is -0.487 e. The van der Waals surface area contributed by atoms with Crippen LogP contribution in [0.1, 0.15) is 11.1 Å². The number of para-hydroxylation sites is 1. The molecule has 0 radical (unpaired) electrons. The van der Waals surface area contributed by atoms with E-state index in [-0.39, 0.29) is 12.4 Å². The molecule has 0 bridgehead atoms. The van der Waals surface area contributed by atoms with E-state index in [2.05, 4.69) is 21.2 Å². The van der Waals surface area contributed by atoms with Crippen molar-refractivity contribution in [3.05, 3.63) is 62.8 Å². The summed E-state index contributed by atoms with van der Waals surface area (Å²) in [6.45, 7) is 0.804. The van der Waals surface area contributed by atoms with Gasteiger partial charge < -0.3 is 10.1 Å². The molecule has 0 unspecified atom stereocenters. The Labute approximate surface area is 131 Å². The highest BCUT2D eigenvalue weighted by Gasteiger charge is 2.10. The first-order chi connectivity index (χ1) is 9.61. The second kappa shape index (κ2) is 7.07. The molecule has 0 amide bonds. The summed E-state index contributed by atoms with van der Waals surface area (Å²) >= 11 is 9.32. The van der Waals surface area contributed by atoms with Crippen molar-refractivity contribution in [2.24, 2.45) is 0 Å². The van der Waals surface area contributed by atoms with E-state index >= 15 is 0 Å². The first-order valence-corrected chi connectivity index (χ1v) is 7.27. The van der Waals surface area contributed by atoms with Gasteiger partial charge in [0, 0.05) is 22.7 Å². The van der Waals surface area contributed by atoms with Crippen LogP contribution in [-0.2, 0) is 13.2 Å². The van der Waals surface area contributed by atoms with Crippen LogP contribution in [0.15, 0.2) is 40.9 Å². The Bertz CT molecular complexity index is 606. The summed E-state index contributed by atoms with van der Waals surface area (Å²) in [6.07, 6.45) is 0. The van der Waals surface area contributed by atoms with Crippen LogP contribution in [-0.4, -0.2) is 7.05 Å². The van der Waals surface area contributed by atoms with Gasteiger partial charge >= 0.3 is 0 Å². The van der Waals surface area contributed by atoms with E-state index in [0.717, 1.165) is 10.0 Å². The van der Waals surface area contributed by atoms with Gasteiger partial charge in [-0.05, 0) is 47.2 Å². The van der Waals surface area contributed by atoms with Gasteiger partial charge in [0.05, 0.1) is 4.47 Å². The lowest BCUT2D eigenvalue weighted by atomic mass is 10.2. The van der Waals surface area contributed by atoms with E-state index in [0.29, 0.717) is 22.9 Å². The van der Waals surface area contributed by atoms with Crippen molar-refractivity contribution in [3.8, 4) is 5.75 Å². The number of nitrogens with one attached hydrogen (secondary N) is 1. The lowest BCUT2D eigenvalue weighted by Gasteiger charge is -2.13. The van der Waals surface area contributed by atoms with Gasteiger partial charge in [-0.25, -0.2) is 4.39 Å². The second-order valence-electron chi connectivity index (χ2n) is 4.28. The lowest BCUT2D eigenvalue weighted by molar-refractivity contribution is 0.294. The van der Waals surface area contributed by atoms with Crippen LogP contribution in [0.4, 0.5) is 4.39 Å². The van der Waals surface area contributed by atoms with Crippen molar-refractivity contribution < 1.29 is 9.13 Å². The smallest absolute Gasteiger partial charge is 0.138 e. The van der Waals surface area contributed by atoms with E-state index < -0.39 is 0 Å². The Kier molecular flexibility index (Phi) is 5.40. The zero-order valence-corrected chi connectivity index (χ0v) is 13.3. The Morgan fingerprint density at radius 1 is 1.25 bits per heavy atom. The summed E-state index contributed by atoms with van der Waals surface area (Å²) < 4.78 is 20.3. The summed E-state index contributed by atoms with van der Waals surface area (Å²) in [5.74, 6) is 0.387. The molecular weight excluding hydrogens is 345 g/mol.